The Balaban J connectivity index is 2.21. The van der Waals surface area contributed by atoms with E-state index < -0.39 is 0 Å². The van der Waals surface area contributed by atoms with Crippen molar-refractivity contribution in [3.05, 3.63) is 34.9 Å². The molecule has 1 aromatic rings. The number of nitrogens with zero attached hydrogens (tertiary/aromatic N) is 1. The SMILES string of the molecule is Cc1cccc(C(=O)N(C)C2CCCCC2Br)c1C. The fraction of sp³-hybridized carbons (Fsp3) is 0.562. The van der Waals surface area contributed by atoms with Crippen LogP contribution in [-0.4, -0.2) is 28.7 Å². The van der Waals surface area contributed by atoms with E-state index in [1.165, 1.54) is 18.4 Å². The van der Waals surface area contributed by atoms with Crippen molar-refractivity contribution < 1.29 is 4.79 Å². The summed E-state index contributed by atoms with van der Waals surface area (Å²) >= 11 is 3.74. The van der Waals surface area contributed by atoms with Gasteiger partial charge in [0.1, 0.15) is 0 Å². The highest BCUT2D eigenvalue weighted by Crippen LogP contribution is 2.29. The van der Waals surface area contributed by atoms with Gasteiger partial charge >= 0.3 is 0 Å². The second-order valence-corrected chi connectivity index (χ2v) is 6.71. The van der Waals surface area contributed by atoms with E-state index in [0.717, 1.165) is 24.0 Å². The number of halogens is 1. The maximum atomic E-state index is 12.7. The maximum absolute atomic E-state index is 12.7. The summed E-state index contributed by atoms with van der Waals surface area (Å²) in [4.78, 5) is 15.0. The van der Waals surface area contributed by atoms with Crippen molar-refractivity contribution in [2.45, 2.75) is 50.4 Å². The zero-order valence-electron chi connectivity index (χ0n) is 11.9. The molecule has 0 N–H and O–H groups in total. The first-order valence-corrected chi connectivity index (χ1v) is 7.91. The van der Waals surface area contributed by atoms with Gasteiger partial charge in [-0.05, 0) is 43.9 Å². The van der Waals surface area contributed by atoms with Gasteiger partial charge in [-0.15, -0.1) is 0 Å². The van der Waals surface area contributed by atoms with Crippen molar-refractivity contribution >= 4 is 21.8 Å². The molecule has 1 aliphatic rings. The van der Waals surface area contributed by atoms with Crippen LogP contribution in [0.4, 0.5) is 0 Å². The molecule has 0 saturated heterocycles. The largest absolute Gasteiger partial charge is 0.338 e. The molecule has 1 amide bonds. The molecule has 0 aliphatic heterocycles. The molecule has 19 heavy (non-hydrogen) atoms. The summed E-state index contributed by atoms with van der Waals surface area (Å²) in [6, 6.07) is 6.28. The van der Waals surface area contributed by atoms with Crippen molar-refractivity contribution in [2.24, 2.45) is 0 Å². The van der Waals surface area contributed by atoms with Gasteiger partial charge in [0.25, 0.3) is 5.91 Å². The number of aryl methyl sites for hydroxylation is 1. The lowest BCUT2D eigenvalue weighted by Crippen LogP contribution is -2.44. The summed E-state index contributed by atoms with van der Waals surface area (Å²) in [5.41, 5.74) is 3.12. The molecule has 1 aromatic carbocycles. The van der Waals surface area contributed by atoms with Crippen LogP contribution in [0.5, 0.6) is 0 Å². The lowest BCUT2D eigenvalue weighted by Gasteiger charge is -2.35. The van der Waals surface area contributed by atoms with Gasteiger partial charge in [-0.3, -0.25) is 4.79 Å². The number of benzene rings is 1. The lowest BCUT2D eigenvalue weighted by molar-refractivity contribution is 0.0704. The molecule has 0 spiro atoms. The summed E-state index contributed by atoms with van der Waals surface area (Å²) in [6.07, 6.45) is 4.74. The predicted octanol–water partition coefficient (Wildman–Crippen LogP) is 4.08. The van der Waals surface area contributed by atoms with Crippen molar-refractivity contribution in [2.75, 3.05) is 7.05 Å². The molecular formula is C16H22BrNO. The van der Waals surface area contributed by atoms with Gasteiger partial charge in [0.2, 0.25) is 0 Å². The van der Waals surface area contributed by atoms with E-state index in [9.17, 15) is 4.79 Å². The Morgan fingerprint density at radius 3 is 2.63 bits per heavy atom. The highest BCUT2D eigenvalue weighted by molar-refractivity contribution is 9.09. The summed E-state index contributed by atoms with van der Waals surface area (Å²) in [5.74, 6) is 0.151. The number of alkyl halides is 1. The van der Waals surface area contributed by atoms with Gasteiger partial charge in [0, 0.05) is 23.5 Å². The van der Waals surface area contributed by atoms with Gasteiger partial charge in [0.05, 0.1) is 0 Å². The van der Waals surface area contributed by atoms with Gasteiger partial charge < -0.3 is 4.90 Å². The first kappa shape index (κ1) is 14.6. The first-order valence-electron chi connectivity index (χ1n) is 7.00. The molecule has 2 rings (SSSR count). The molecule has 0 heterocycles. The molecule has 104 valence electrons. The number of rotatable bonds is 2. The minimum atomic E-state index is 0.151. The van der Waals surface area contributed by atoms with Crippen LogP contribution in [0.25, 0.3) is 0 Å². The number of amides is 1. The standard InChI is InChI=1S/C16H22BrNO/c1-11-7-6-8-13(12(11)2)16(19)18(3)15-10-5-4-9-14(15)17/h6-8,14-15H,4-5,9-10H2,1-3H3. The van der Waals surface area contributed by atoms with E-state index >= 15 is 0 Å². The third kappa shape index (κ3) is 3.02. The van der Waals surface area contributed by atoms with Crippen molar-refractivity contribution in [3.63, 3.8) is 0 Å². The Bertz CT molecular complexity index is 472. The summed E-state index contributed by atoms with van der Waals surface area (Å²) in [7, 11) is 1.94. The second-order valence-electron chi connectivity index (χ2n) is 5.53. The average molecular weight is 324 g/mol. The number of hydrogen-bond acceptors (Lipinski definition) is 1. The van der Waals surface area contributed by atoms with Gasteiger partial charge in [-0.25, -0.2) is 0 Å². The summed E-state index contributed by atoms with van der Waals surface area (Å²) in [5, 5.41) is 0. The molecule has 0 radical (unpaired) electrons. The first-order chi connectivity index (χ1) is 9.02. The second kappa shape index (κ2) is 6.08. The van der Waals surface area contributed by atoms with Gasteiger partial charge in [-0.2, -0.15) is 0 Å². The molecule has 1 fully saturated rings. The zero-order valence-corrected chi connectivity index (χ0v) is 13.5. The van der Waals surface area contributed by atoms with Crippen molar-refractivity contribution in [3.8, 4) is 0 Å². The Morgan fingerprint density at radius 2 is 1.95 bits per heavy atom. The monoisotopic (exact) mass is 323 g/mol. The fourth-order valence-electron chi connectivity index (χ4n) is 2.83. The van der Waals surface area contributed by atoms with E-state index in [-0.39, 0.29) is 5.91 Å². The zero-order chi connectivity index (χ0) is 14.0. The normalized spacial score (nSPS) is 23.2. The fourth-order valence-corrected chi connectivity index (χ4v) is 3.77. The Morgan fingerprint density at radius 1 is 1.26 bits per heavy atom. The minimum absolute atomic E-state index is 0.151. The van der Waals surface area contributed by atoms with Crippen LogP contribution in [0.15, 0.2) is 18.2 Å². The molecule has 1 saturated carbocycles. The Labute approximate surface area is 124 Å². The molecule has 1 aliphatic carbocycles. The van der Waals surface area contributed by atoms with E-state index in [1.807, 2.05) is 31.0 Å². The highest BCUT2D eigenvalue weighted by Gasteiger charge is 2.30. The van der Waals surface area contributed by atoms with Crippen LogP contribution in [0.1, 0.15) is 47.2 Å². The van der Waals surface area contributed by atoms with E-state index in [1.54, 1.807) is 0 Å². The van der Waals surface area contributed by atoms with Crippen LogP contribution < -0.4 is 0 Å². The van der Waals surface area contributed by atoms with Gasteiger partial charge in [-0.1, -0.05) is 40.9 Å². The third-order valence-corrected chi connectivity index (χ3v) is 5.37. The topological polar surface area (TPSA) is 20.3 Å². The summed E-state index contributed by atoms with van der Waals surface area (Å²) < 4.78 is 0. The van der Waals surface area contributed by atoms with Crippen molar-refractivity contribution in [1.82, 2.24) is 4.90 Å². The quantitative estimate of drug-likeness (QED) is 0.751. The number of carbonyl (C=O) groups excluding carboxylic acids is 1. The number of carbonyl (C=O) groups is 1. The molecule has 2 nitrogen and oxygen atoms in total. The summed E-state index contributed by atoms with van der Waals surface area (Å²) in [6.45, 7) is 4.09. The van der Waals surface area contributed by atoms with E-state index in [0.29, 0.717) is 10.9 Å². The van der Waals surface area contributed by atoms with Crippen LogP contribution in [0, 0.1) is 13.8 Å². The van der Waals surface area contributed by atoms with E-state index in [4.69, 9.17) is 0 Å². The maximum Gasteiger partial charge on any atom is 0.254 e. The van der Waals surface area contributed by atoms with E-state index in [2.05, 4.69) is 28.9 Å². The van der Waals surface area contributed by atoms with Crippen LogP contribution in [0.3, 0.4) is 0 Å². The molecular weight excluding hydrogens is 302 g/mol. The molecule has 0 aromatic heterocycles. The lowest BCUT2D eigenvalue weighted by atomic mass is 9.93. The molecule has 2 atom stereocenters. The Hall–Kier alpha value is -0.830. The molecule has 2 unspecified atom stereocenters. The Kier molecular flexibility index (Phi) is 4.67. The molecule has 3 heteroatoms. The van der Waals surface area contributed by atoms with Gasteiger partial charge in [0.15, 0.2) is 0 Å². The van der Waals surface area contributed by atoms with Crippen LogP contribution >= 0.6 is 15.9 Å². The predicted molar refractivity (Wildman–Crippen MR) is 83.0 cm³/mol. The third-order valence-electron chi connectivity index (χ3n) is 4.30. The average Bonchev–Trinajstić information content (AvgIpc) is 2.41. The van der Waals surface area contributed by atoms with Crippen molar-refractivity contribution in [1.29, 1.82) is 0 Å². The smallest absolute Gasteiger partial charge is 0.254 e. The highest BCUT2D eigenvalue weighted by atomic mass is 79.9. The number of hydrogen-bond donors (Lipinski definition) is 0. The van der Waals surface area contributed by atoms with Crippen LogP contribution in [0.2, 0.25) is 0 Å². The molecule has 0 bridgehead atoms. The minimum Gasteiger partial charge on any atom is -0.338 e. The van der Waals surface area contributed by atoms with Crippen LogP contribution in [-0.2, 0) is 0 Å².